The predicted molar refractivity (Wildman–Crippen MR) is 78.8 cm³/mol. The van der Waals surface area contributed by atoms with Gasteiger partial charge in [-0.1, -0.05) is 25.2 Å². The fraction of sp³-hybridized carbons (Fsp3) is 0.769. The van der Waals surface area contributed by atoms with Crippen LogP contribution in [-0.2, 0) is 6.54 Å². The van der Waals surface area contributed by atoms with Crippen LogP contribution in [0.5, 0.6) is 5.88 Å². The van der Waals surface area contributed by atoms with Gasteiger partial charge in [0.25, 0.3) is 0 Å². The Kier molecular flexibility index (Phi) is 5.41. The van der Waals surface area contributed by atoms with E-state index in [0.29, 0.717) is 0 Å². The molecule has 1 aromatic rings. The Bertz CT molecular complexity index is 372. The molecule has 1 aromatic heterocycles. The third-order valence-corrected chi connectivity index (χ3v) is 4.67. The predicted octanol–water partition coefficient (Wildman–Crippen LogP) is 2.89. The monoisotopic (exact) mass is 271 g/mol. The highest BCUT2D eigenvalue weighted by molar-refractivity contribution is 7.15. The highest BCUT2D eigenvalue weighted by Gasteiger charge is 2.21. The molecule has 104 valence electrons. The van der Waals surface area contributed by atoms with Crippen molar-refractivity contribution in [3.8, 4) is 5.88 Å². The number of methoxy groups -OCH3 is 1. The van der Waals surface area contributed by atoms with Crippen molar-refractivity contribution < 1.29 is 4.74 Å². The number of thiazole rings is 1. The molecule has 0 atom stereocenters. The van der Waals surface area contributed by atoms with Gasteiger partial charge in [-0.2, -0.15) is 4.98 Å². The minimum absolute atomic E-state index is 0.188. The molecule has 0 amide bonds. The van der Waals surface area contributed by atoms with Crippen molar-refractivity contribution >= 4 is 16.5 Å². The van der Waals surface area contributed by atoms with E-state index in [1.165, 1.54) is 0 Å². The highest BCUT2D eigenvalue weighted by atomic mass is 32.1. The maximum Gasteiger partial charge on any atom is 0.230 e. The van der Waals surface area contributed by atoms with E-state index in [-0.39, 0.29) is 5.54 Å². The van der Waals surface area contributed by atoms with Crippen LogP contribution in [0.25, 0.3) is 0 Å². The fourth-order valence-electron chi connectivity index (χ4n) is 1.58. The highest BCUT2D eigenvalue weighted by Crippen LogP contribution is 2.30. The van der Waals surface area contributed by atoms with Gasteiger partial charge in [-0.15, -0.1) is 0 Å². The number of hydrogen-bond acceptors (Lipinski definition) is 5. The van der Waals surface area contributed by atoms with Gasteiger partial charge in [-0.3, -0.25) is 0 Å². The average molecular weight is 271 g/mol. The Balaban J connectivity index is 2.77. The summed E-state index contributed by atoms with van der Waals surface area (Å²) < 4.78 is 5.34. The van der Waals surface area contributed by atoms with Gasteiger partial charge in [-0.25, -0.2) is 0 Å². The van der Waals surface area contributed by atoms with E-state index in [1.54, 1.807) is 18.4 Å². The third kappa shape index (κ3) is 3.59. The van der Waals surface area contributed by atoms with Crippen LogP contribution in [0.15, 0.2) is 0 Å². The zero-order valence-electron chi connectivity index (χ0n) is 12.3. The zero-order valence-corrected chi connectivity index (χ0v) is 13.1. The smallest absolute Gasteiger partial charge is 0.230 e. The van der Waals surface area contributed by atoms with Gasteiger partial charge in [0, 0.05) is 26.2 Å². The molecule has 0 aliphatic heterocycles. The summed E-state index contributed by atoms with van der Waals surface area (Å²) in [6.07, 6.45) is 2.23. The molecule has 1 rings (SSSR count). The first-order valence-corrected chi connectivity index (χ1v) is 7.23. The first-order valence-electron chi connectivity index (χ1n) is 6.41. The van der Waals surface area contributed by atoms with E-state index >= 15 is 0 Å². The lowest BCUT2D eigenvalue weighted by molar-refractivity contribution is 0.325. The lowest BCUT2D eigenvalue weighted by Crippen LogP contribution is -2.40. The standard InChI is InChI=1S/C13H25N3OS/c1-7-13(3,8-2)14-9-10-11(17-6)15-12(18-10)16(4)5/h14H,7-9H2,1-6H3. The normalized spacial score (nSPS) is 11.7. The van der Waals surface area contributed by atoms with E-state index in [1.807, 2.05) is 19.0 Å². The molecule has 0 aliphatic rings. The lowest BCUT2D eigenvalue weighted by Gasteiger charge is -2.28. The van der Waals surface area contributed by atoms with Crippen molar-refractivity contribution in [1.82, 2.24) is 10.3 Å². The Hall–Kier alpha value is -0.810. The number of rotatable bonds is 7. The quantitative estimate of drug-likeness (QED) is 0.827. The topological polar surface area (TPSA) is 37.4 Å². The second-order valence-electron chi connectivity index (χ2n) is 4.94. The first kappa shape index (κ1) is 15.2. The maximum absolute atomic E-state index is 5.34. The van der Waals surface area contributed by atoms with Crippen LogP contribution in [0, 0.1) is 0 Å². The Labute approximate surface area is 114 Å². The van der Waals surface area contributed by atoms with Crippen LogP contribution in [0.4, 0.5) is 5.13 Å². The average Bonchev–Trinajstić information content (AvgIpc) is 2.79. The van der Waals surface area contributed by atoms with Crippen LogP contribution < -0.4 is 15.0 Å². The summed E-state index contributed by atoms with van der Waals surface area (Å²) in [5, 5.41) is 4.60. The molecule has 0 saturated heterocycles. The lowest BCUT2D eigenvalue weighted by atomic mass is 9.96. The van der Waals surface area contributed by atoms with Crippen LogP contribution in [0.1, 0.15) is 38.5 Å². The maximum atomic E-state index is 5.34. The summed E-state index contributed by atoms with van der Waals surface area (Å²) in [5.41, 5.74) is 0.188. The van der Waals surface area contributed by atoms with Gasteiger partial charge in [0.15, 0.2) is 5.13 Å². The van der Waals surface area contributed by atoms with Gasteiger partial charge in [-0.05, 0) is 19.8 Å². The molecule has 1 heterocycles. The Morgan fingerprint density at radius 3 is 2.39 bits per heavy atom. The minimum atomic E-state index is 0.188. The largest absolute Gasteiger partial charge is 0.480 e. The van der Waals surface area contributed by atoms with Crippen molar-refractivity contribution in [3.05, 3.63) is 4.88 Å². The van der Waals surface area contributed by atoms with E-state index in [0.717, 1.165) is 35.3 Å². The molecule has 0 fully saturated rings. The summed E-state index contributed by atoms with van der Waals surface area (Å²) in [5.74, 6) is 0.741. The molecule has 4 nitrogen and oxygen atoms in total. The van der Waals surface area contributed by atoms with Gasteiger partial charge >= 0.3 is 0 Å². The summed E-state index contributed by atoms with van der Waals surface area (Å²) in [7, 11) is 5.67. The fourth-order valence-corrected chi connectivity index (χ4v) is 2.47. The molecule has 0 bridgehead atoms. The van der Waals surface area contributed by atoms with Crippen molar-refractivity contribution in [3.63, 3.8) is 0 Å². The van der Waals surface area contributed by atoms with Crippen molar-refractivity contribution in [2.75, 3.05) is 26.1 Å². The Morgan fingerprint density at radius 1 is 1.33 bits per heavy atom. The summed E-state index contributed by atoms with van der Waals surface area (Å²) >= 11 is 1.68. The number of nitrogens with zero attached hydrogens (tertiary/aromatic N) is 2. The number of ether oxygens (including phenoxy) is 1. The first-order chi connectivity index (χ1) is 8.45. The van der Waals surface area contributed by atoms with Gasteiger partial charge in [0.05, 0.1) is 12.0 Å². The van der Waals surface area contributed by atoms with Crippen molar-refractivity contribution in [2.24, 2.45) is 0 Å². The van der Waals surface area contributed by atoms with Crippen LogP contribution >= 0.6 is 11.3 Å². The summed E-state index contributed by atoms with van der Waals surface area (Å²) in [6, 6.07) is 0. The molecule has 1 N–H and O–H groups in total. The molecular weight excluding hydrogens is 246 g/mol. The molecule has 0 aliphatic carbocycles. The minimum Gasteiger partial charge on any atom is -0.480 e. The van der Waals surface area contributed by atoms with E-state index in [4.69, 9.17) is 4.74 Å². The molecule has 18 heavy (non-hydrogen) atoms. The Morgan fingerprint density at radius 2 is 1.94 bits per heavy atom. The number of anilines is 1. The summed E-state index contributed by atoms with van der Waals surface area (Å²) in [6.45, 7) is 7.50. The SMILES string of the molecule is CCC(C)(CC)NCc1sc(N(C)C)nc1OC. The molecule has 0 radical (unpaired) electrons. The van der Waals surface area contributed by atoms with Crippen LogP contribution in [0.2, 0.25) is 0 Å². The second-order valence-corrected chi connectivity index (χ2v) is 6.01. The second kappa shape index (κ2) is 6.38. The number of hydrogen-bond donors (Lipinski definition) is 1. The summed E-state index contributed by atoms with van der Waals surface area (Å²) in [4.78, 5) is 7.63. The van der Waals surface area contributed by atoms with E-state index < -0.39 is 0 Å². The zero-order chi connectivity index (χ0) is 13.8. The molecular formula is C13H25N3OS. The molecule has 0 unspecified atom stereocenters. The van der Waals surface area contributed by atoms with Gasteiger partial charge < -0.3 is 15.0 Å². The van der Waals surface area contributed by atoms with Gasteiger partial charge in [0.2, 0.25) is 5.88 Å². The van der Waals surface area contributed by atoms with Crippen LogP contribution in [0.3, 0.4) is 0 Å². The molecule has 0 spiro atoms. The molecule has 5 heteroatoms. The van der Waals surface area contributed by atoms with Crippen molar-refractivity contribution in [2.45, 2.75) is 45.7 Å². The van der Waals surface area contributed by atoms with Gasteiger partial charge in [0.1, 0.15) is 0 Å². The van der Waals surface area contributed by atoms with E-state index in [2.05, 4.69) is 31.1 Å². The third-order valence-electron chi connectivity index (χ3n) is 3.46. The van der Waals surface area contributed by atoms with Crippen LogP contribution in [-0.4, -0.2) is 31.7 Å². The molecule has 0 aromatic carbocycles. The number of aromatic nitrogens is 1. The van der Waals surface area contributed by atoms with E-state index in [9.17, 15) is 0 Å². The van der Waals surface area contributed by atoms with Crippen molar-refractivity contribution in [1.29, 1.82) is 0 Å². The molecule has 0 saturated carbocycles. The number of nitrogens with one attached hydrogen (secondary N) is 1.